The van der Waals surface area contributed by atoms with Crippen molar-refractivity contribution in [2.24, 2.45) is 0 Å². The van der Waals surface area contributed by atoms with Crippen molar-refractivity contribution >= 4 is 62.6 Å². The van der Waals surface area contributed by atoms with E-state index < -0.39 is 5.97 Å². The van der Waals surface area contributed by atoms with E-state index in [2.05, 4.69) is 35.2 Å². The van der Waals surface area contributed by atoms with Gasteiger partial charge < -0.3 is 5.11 Å². The van der Waals surface area contributed by atoms with Crippen molar-refractivity contribution in [2.45, 2.75) is 4.90 Å². The monoisotopic (exact) mass is 336 g/mol. The van der Waals surface area contributed by atoms with Gasteiger partial charge in [-0.15, -0.1) is 24.0 Å². The topological polar surface area (TPSA) is 37.3 Å². The molecule has 0 fully saturated rings. The van der Waals surface area contributed by atoms with Crippen LogP contribution in [0, 0.1) is 3.57 Å². The second kappa shape index (κ2) is 3.71. The van der Waals surface area contributed by atoms with Gasteiger partial charge in [0.2, 0.25) is 0 Å². The minimum atomic E-state index is -0.865. The zero-order chi connectivity index (χ0) is 10.3. The van der Waals surface area contributed by atoms with Crippen molar-refractivity contribution in [3.05, 3.63) is 26.6 Å². The van der Waals surface area contributed by atoms with Crippen LogP contribution < -0.4 is 0 Å². The van der Waals surface area contributed by atoms with Gasteiger partial charge in [-0.1, -0.05) is 6.07 Å². The number of hydrogen-bond acceptors (Lipinski definition) is 3. The number of carbonyl (C=O) groups is 1. The predicted molar refractivity (Wildman–Crippen MR) is 68.8 cm³/mol. The fourth-order valence-electron chi connectivity index (χ4n) is 1.19. The molecule has 1 heterocycles. The first-order chi connectivity index (χ1) is 6.59. The van der Waals surface area contributed by atoms with Crippen molar-refractivity contribution in [1.82, 2.24) is 0 Å². The molecular weight excluding hydrogens is 331 g/mol. The van der Waals surface area contributed by atoms with Gasteiger partial charge in [0.05, 0.1) is 0 Å². The van der Waals surface area contributed by atoms with Crippen molar-refractivity contribution in [1.29, 1.82) is 0 Å². The summed E-state index contributed by atoms with van der Waals surface area (Å²) in [5.41, 5.74) is 0. The van der Waals surface area contributed by atoms with Crippen LogP contribution in [0.1, 0.15) is 9.67 Å². The van der Waals surface area contributed by atoms with E-state index in [9.17, 15) is 4.79 Å². The lowest BCUT2D eigenvalue weighted by Crippen LogP contribution is -1.93. The maximum Gasteiger partial charge on any atom is 0.347 e. The van der Waals surface area contributed by atoms with Crippen LogP contribution in [0.5, 0.6) is 0 Å². The molecule has 0 aliphatic heterocycles. The van der Waals surface area contributed by atoms with Gasteiger partial charge >= 0.3 is 5.97 Å². The number of benzene rings is 1. The molecule has 0 aliphatic rings. The summed E-state index contributed by atoms with van der Waals surface area (Å²) in [7, 11) is 0. The summed E-state index contributed by atoms with van der Waals surface area (Å²) in [5.74, 6) is -0.865. The predicted octanol–water partition coefficient (Wildman–Crippen LogP) is 3.49. The zero-order valence-corrected chi connectivity index (χ0v) is 10.7. The summed E-state index contributed by atoms with van der Waals surface area (Å²) in [5, 5.41) is 9.91. The molecule has 2 rings (SSSR count). The fraction of sp³-hybridized carbons (Fsp3) is 0. The van der Waals surface area contributed by atoms with Crippen LogP contribution in [-0.4, -0.2) is 11.1 Å². The van der Waals surface area contributed by atoms with Gasteiger partial charge in [-0.3, -0.25) is 0 Å². The third kappa shape index (κ3) is 1.64. The zero-order valence-electron chi connectivity index (χ0n) is 6.82. The van der Waals surface area contributed by atoms with Crippen LogP contribution in [0.15, 0.2) is 23.1 Å². The van der Waals surface area contributed by atoms with E-state index >= 15 is 0 Å². The molecule has 0 atom stereocenters. The highest BCUT2D eigenvalue weighted by molar-refractivity contribution is 14.1. The molecule has 14 heavy (non-hydrogen) atoms. The molecule has 2 aromatic rings. The van der Waals surface area contributed by atoms with Gasteiger partial charge in [0.25, 0.3) is 0 Å². The van der Waals surface area contributed by atoms with E-state index in [1.165, 1.54) is 11.3 Å². The lowest BCUT2D eigenvalue weighted by molar-refractivity contribution is 0.0701. The number of carboxylic acids is 1. The number of fused-ring (bicyclic) bond motifs is 1. The normalized spacial score (nSPS) is 10.7. The molecule has 0 spiro atoms. The summed E-state index contributed by atoms with van der Waals surface area (Å²) >= 11 is 7.57. The first-order valence-corrected chi connectivity index (χ1v) is 6.08. The third-order valence-corrected chi connectivity index (χ3v) is 4.71. The lowest BCUT2D eigenvalue weighted by Gasteiger charge is -1.91. The Morgan fingerprint density at radius 1 is 1.50 bits per heavy atom. The molecule has 0 saturated heterocycles. The third-order valence-electron chi connectivity index (χ3n) is 1.81. The van der Waals surface area contributed by atoms with Crippen molar-refractivity contribution in [3.8, 4) is 0 Å². The van der Waals surface area contributed by atoms with Gasteiger partial charge in [0.1, 0.15) is 4.88 Å². The molecule has 1 aromatic heterocycles. The van der Waals surface area contributed by atoms with Crippen LogP contribution in [0.25, 0.3) is 10.1 Å². The van der Waals surface area contributed by atoms with E-state index in [0.29, 0.717) is 4.88 Å². The second-order valence-electron chi connectivity index (χ2n) is 2.73. The molecular formula is C9H5IO2S2. The summed E-state index contributed by atoms with van der Waals surface area (Å²) in [6, 6.07) is 5.66. The van der Waals surface area contributed by atoms with Gasteiger partial charge in [0.15, 0.2) is 0 Å². The van der Waals surface area contributed by atoms with Gasteiger partial charge in [0, 0.05) is 18.6 Å². The van der Waals surface area contributed by atoms with E-state index in [4.69, 9.17) is 5.11 Å². The lowest BCUT2D eigenvalue weighted by atomic mass is 10.2. The van der Waals surface area contributed by atoms with Crippen LogP contribution in [0.3, 0.4) is 0 Å². The number of thiol groups is 1. The summed E-state index contributed by atoms with van der Waals surface area (Å²) in [4.78, 5) is 12.1. The highest BCUT2D eigenvalue weighted by atomic mass is 127. The van der Waals surface area contributed by atoms with E-state index in [1.54, 1.807) is 0 Å². The summed E-state index contributed by atoms with van der Waals surface area (Å²) in [6.45, 7) is 0. The van der Waals surface area contributed by atoms with Crippen LogP contribution in [0.2, 0.25) is 0 Å². The Hall–Kier alpha value is -0.270. The minimum Gasteiger partial charge on any atom is -0.477 e. The van der Waals surface area contributed by atoms with Crippen LogP contribution in [-0.2, 0) is 0 Å². The van der Waals surface area contributed by atoms with Crippen molar-refractivity contribution in [3.63, 3.8) is 0 Å². The second-order valence-corrected chi connectivity index (χ2v) is 5.38. The first kappa shape index (κ1) is 10.3. The van der Waals surface area contributed by atoms with Gasteiger partial charge in [-0.25, -0.2) is 4.79 Å². The quantitative estimate of drug-likeness (QED) is 0.618. The number of hydrogen-bond donors (Lipinski definition) is 2. The molecule has 5 heteroatoms. The van der Waals surface area contributed by atoms with Crippen LogP contribution >= 0.6 is 46.6 Å². The summed E-state index contributed by atoms with van der Waals surface area (Å²) in [6.07, 6.45) is 0. The van der Waals surface area contributed by atoms with E-state index in [0.717, 1.165) is 18.6 Å². The van der Waals surface area contributed by atoms with E-state index in [1.807, 2.05) is 18.2 Å². The molecule has 0 radical (unpaired) electrons. The first-order valence-electron chi connectivity index (χ1n) is 3.74. The van der Waals surface area contributed by atoms with Crippen molar-refractivity contribution < 1.29 is 9.90 Å². The molecule has 1 N–H and O–H groups in total. The average Bonchev–Trinajstić information content (AvgIpc) is 2.43. The Bertz CT molecular complexity index is 519. The highest BCUT2D eigenvalue weighted by Crippen LogP contribution is 2.33. The molecule has 1 aromatic carbocycles. The molecule has 72 valence electrons. The molecule has 0 saturated carbocycles. The smallest absolute Gasteiger partial charge is 0.347 e. The number of carboxylic acid groups (broad SMARTS) is 1. The SMILES string of the molecule is O=C(O)c1sc2cc(S)ccc2c1I. The molecule has 0 aliphatic carbocycles. The van der Waals surface area contributed by atoms with Crippen molar-refractivity contribution in [2.75, 3.05) is 0 Å². The standard InChI is InChI=1S/C9H5IO2S2/c10-7-5-2-1-4(13)3-6(5)14-8(7)9(11)12/h1-3,13H,(H,11,12). The summed E-state index contributed by atoms with van der Waals surface area (Å²) < 4.78 is 1.78. The largest absolute Gasteiger partial charge is 0.477 e. The molecule has 0 amide bonds. The Morgan fingerprint density at radius 3 is 2.86 bits per heavy atom. The van der Waals surface area contributed by atoms with Gasteiger partial charge in [-0.2, -0.15) is 0 Å². The highest BCUT2D eigenvalue weighted by Gasteiger charge is 2.15. The maximum atomic E-state index is 10.9. The fourth-order valence-corrected chi connectivity index (χ4v) is 3.67. The Kier molecular flexibility index (Phi) is 2.72. The number of halogens is 1. The Morgan fingerprint density at radius 2 is 2.21 bits per heavy atom. The van der Waals surface area contributed by atoms with E-state index in [-0.39, 0.29) is 0 Å². The number of rotatable bonds is 1. The average molecular weight is 336 g/mol. The minimum absolute atomic E-state index is 0.402. The molecule has 0 bridgehead atoms. The number of aromatic carboxylic acids is 1. The molecule has 0 unspecified atom stereocenters. The van der Waals surface area contributed by atoms with Crippen LogP contribution in [0.4, 0.5) is 0 Å². The Labute approximate surface area is 103 Å². The maximum absolute atomic E-state index is 10.9. The molecule has 2 nitrogen and oxygen atoms in total. The number of thiophene rings is 1. The van der Waals surface area contributed by atoms with Gasteiger partial charge in [-0.05, 0) is 34.7 Å². The Balaban J connectivity index is 2.79.